The molecule has 1 amide bonds. The highest BCUT2D eigenvalue weighted by Crippen LogP contribution is 2.25. The van der Waals surface area contributed by atoms with Crippen molar-refractivity contribution < 1.29 is 9.53 Å². The minimum atomic E-state index is -0.441. The van der Waals surface area contributed by atoms with Gasteiger partial charge >= 0.3 is 6.09 Å². The lowest BCUT2D eigenvalue weighted by atomic mass is 9.96. The van der Waals surface area contributed by atoms with Crippen molar-refractivity contribution >= 4 is 19.5 Å². The van der Waals surface area contributed by atoms with E-state index in [0.29, 0.717) is 24.6 Å². The molecule has 0 atom stereocenters. The Hall–Kier alpha value is -1.46. The fourth-order valence-corrected chi connectivity index (χ4v) is 2.22. The Labute approximate surface area is 115 Å². The van der Waals surface area contributed by atoms with Crippen molar-refractivity contribution in [3.63, 3.8) is 0 Å². The zero-order chi connectivity index (χ0) is 14.0. The highest BCUT2D eigenvalue weighted by Gasteiger charge is 2.28. The van der Waals surface area contributed by atoms with Crippen LogP contribution in [0.2, 0.25) is 0 Å². The number of hydrogen-bond donors (Lipinski definition) is 1. The lowest BCUT2D eigenvalue weighted by molar-refractivity contribution is 0.0203. The van der Waals surface area contributed by atoms with E-state index < -0.39 is 5.60 Å². The van der Waals surface area contributed by atoms with Gasteiger partial charge in [0.2, 0.25) is 0 Å². The molecule has 1 saturated heterocycles. The Kier molecular flexibility index (Phi) is 3.87. The Balaban J connectivity index is 1.87. The van der Waals surface area contributed by atoms with Gasteiger partial charge in [0.15, 0.2) is 0 Å². The molecule has 2 rings (SSSR count). The van der Waals surface area contributed by atoms with Crippen molar-refractivity contribution in [1.29, 1.82) is 0 Å². The van der Waals surface area contributed by atoms with Gasteiger partial charge in [0, 0.05) is 25.2 Å². The molecule has 1 aliphatic heterocycles. The van der Waals surface area contributed by atoms with E-state index in [1.165, 1.54) is 0 Å². The van der Waals surface area contributed by atoms with Crippen LogP contribution in [0.15, 0.2) is 6.20 Å². The SMILES string of the molecule is [B]c1cnc(C2CCN(C(=O)OC(C)(C)C)CC2)[nH]1. The van der Waals surface area contributed by atoms with Crippen LogP contribution in [-0.2, 0) is 4.74 Å². The van der Waals surface area contributed by atoms with Crippen LogP contribution in [0.4, 0.5) is 4.79 Å². The monoisotopic (exact) mass is 261 g/mol. The first kappa shape index (κ1) is 14.0. The number of imidazole rings is 1. The summed E-state index contributed by atoms with van der Waals surface area (Å²) in [6, 6.07) is 0. The first-order valence-corrected chi connectivity index (χ1v) is 6.63. The number of aromatic amines is 1. The number of H-pyrrole nitrogens is 1. The number of ether oxygens (including phenoxy) is 1. The average Bonchev–Trinajstić information content (AvgIpc) is 2.74. The second kappa shape index (κ2) is 5.27. The topological polar surface area (TPSA) is 58.2 Å². The molecular formula is C13H20BN3O2. The molecule has 0 spiro atoms. The predicted molar refractivity (Wildman–Crippen MR) is 73.8 cm³/mol. The van der Waals surface area contributed by atoms with Crippen LogP contribution in [0.3, 0.4) is 0 Å². The van der Waals surface area contributed by atoms with Gasteiger partial charge in [-0.25, -0.2) is 9.78 Å². The molecular weight excluding hydrogens is 241 g/mol. The molecule has 1 fully saturated rings. The molecule has 0 bridgehead atoms. The molecule has 0 aromatic carbocycles. The molecule has 5 nitrogen and oxygen atoms in total. The Bertz CT molecular complexity index is 445. The summed E-state index contributed by atoms with van der Waals surface area (Å²) in [5.41, 5.74) is 0.146. The second-order valence-electron chi connectivity index (χ2n) is 5.97. The fourth-order valence-electron chi connectivity index (χ4n) is 2.22. The first-order chi connectivity index (χ1) is 8.85. The summed E-state index contributed by atoms with van der Waals surface area (Å²) in [7, 11) is 5.63. The molecule has 1 aromatic heterocycles. The third-order valence-electron chi connectivity index (χ3n) is 3.15. The van der Waals surface area contributed by atoms with Gasteiger partial charge in [-0.1, -0.05) is 0 Å². The third-order valence-corrected chi connectivity index (χ3v) is 3.15. The molecule has 102 valence electrons. The van der Waals surface area contributed by atoms with Gasteiger partial charge in [-0.2, -0.15) is 0 Å². The number of carbonyl (C=O) groups is 1. The van der Waals surface area contributed by atoms with E-state index in [1.807, 2.05) is 20.8 Å². The standard InChI is InChI=1S/C13H20BN3O2/c1-13(2,3)19-12(18)17-6-4-9(5-7-17)11-15-8-10(14)16-11/h8-9H,4-7H2,1-3H3,(H,15,16). The number of aromatic nitrogens is 2. The van der Waals surface area contributed by atoms with E-state index in [-0.39, 0.29) is 6.09 Å². The molecule has 6 heteroatoms. The minimum Gasteiger partial charge on any atom is -0.444 e. The zero-order valence-corrected chi connectivity index (χ0v) is 11.8. The maximum atomic E-state index is 11.9. The molecule has 0 aliphatic carbocycles. The number of nitrogens with zero attached hydrogens (tertiary/aromatic N) is 2. The van der Waals surface area contributed by atoms with Crippen LogP contribution in [0.25, 0.3) is 0 Å². The summed E-state index contributed by atoms with van der Waals surface area (Å²) < 4.78 is 5.37. The highest BCUT2D eigenvalue weighted by molar-refractivity contribution is 6.30. The summed E-state index contributed by atoms with van der Waals surface area (Å²) in [5, 5.41) is 0. The van der Waals surface area contributed by atoms with E-state index >= 15 is 0 Å². The van der Waals surface area contributed by atoms with Gasteiger partial charge in [0.1, 0.15) is 19.3 Å². The van der Waals surface area contributed by atoms with Crippen molar-refractivity contribution in [2.45, 2.75) is 45.1 Å². The molecule has 2 heterocycles. The van der Waals surface area contributed by atoms with Gasteiger partial charge in [-0.05, 0) is 39.2 Å². The number of likely N-dealkylation sites (tertiary alicyclic amines) is 1. The van der Waals surface area contributed by atoms with Gasteiger partial charge in [-0.3, -0.25) is 0 Å². The van der Waals surface area contributed by atoms with Crippen molar-refractivity contribution in [2.24, 2.45) is 0 Å². The lowest BCUT2D eigenvalue weighted by Gasteiger charge is -2.32. The van der Waals surface area contributed by atoms with Crippen LogP contribution in [-0.4, -0.2) is 47.5 Å². The predicted octanol–water partition coefficient (Wildman–Crippen LogP) is 1.32. The van der Waals surface area contributed by atoms with Crippen LogP contribution in [0.1, 0.15) is 45.4 Å². The normalized spacial score (nSPS) is 17.5. The number of hydrogen-bond acceptors (Lipinski definition) is 3. The van der Waals surface area contributed by atoms with E-state index in [4.69, 9.17) is 12.6 Å². The number of rotatable bonds is 1. The maximum Gasteiger partial charge on any atom is 0.410 e. The zero-order valence-electron chi connectivity index (χ0n) is 11.8. The van der Waals surface area contributed by atoms with Crippen molar-refractivity contribution in [2.75, 3.05) is 13.1 Å². The van der Waals surface area contributed by atoms with Gasteiger partial charge in [0.25, 0.3) is 0 Å². The van der Waals surface area contributed by atoms with E-state index in [9.17, 15) is 4.79 Å². The summed E-state index contributed by atoms with van der Waals surface area (Å²) in [4.78, 5) is 21.0. The second-order valence-corrected chi connectivity index (χ2v) is 5.97. The Morgan fingerprint density at radius 3 is 2.58 bits per heavy atom. The first-order valence-electron chi connectivity index (χ1n) is 6.63. The van der Waals surface area contributed by atoms with E-state index in [1.54, 1.807) is 11.1 Å². The smallest absolute Gasteiger partial charge is 0.410 e. The fraction of sp³-hybridized carbons (Fsp3) is 0.692. The molecule has 19 heavy (non-hydrogen) atoms. The van der Waals surface area contributed by atoms with Crippen molar-refractivity contribution in [1.82, 2.24) is 14.9 Å². The molecule has 0 saturated carbocycles. The highest BCUT2D eigenvalue weighted by atomic mass is 16.6. The third kappa shape index (κ3) is 3.75. The Morgan fingerprint density at radius 1 is 1.47 bits per heavy atom. The molecule has 0 unspecified atom stereocenters. The minimum absolute atomic E-state index is 0.232. The number of piperidine rings is 1. The summed E-state index contributed by atoms with van der Waals surface area (Å²) in [5.74, 6) is 1.26. The average molecular weight is 261 g/mol. The molecule has 1 aliphatic rings. The molecule has 1 N–H and O–H groups in total. The van der Waals surface area contributed by atoms with Crippen LogP contribution in [0.5, 0.6) is 0 Å². The number of carbonyl (C=O) groups excluding carboxylic acids is 1. The van der Waals surface area contributed by atoms with Gasteiger partial charge < -0.3 is 14.6 Å². The van der Waals surface area contributed by atoms with E-state index in [2.05, 4.69) is 9.97 Å². The Morgan fingerprint density at radius 2 is 2.11 bits per heavy atom. The quantitative estimate of drug-likeness (QED) is 0.775. The molecule has 1 aromatic rings. The van der Waals surface area contributed by atoms with Gasteiger partial charge in [-0.15, -0.1) is 0 Å². The summed E-state index contributed by atoms with van der Waals surface area (Å²) in [6.45, 7) is 7.02. The van der Waals surface area contributed by atoms with Crippen LogP contribution in [0, 0.1) is 0 Å². The molecule has 2 radical (unpaired) electrons. The van der Waals surface area contributed by atoms with Crippen LogP contribution < -0.4 is 5.59 Å². The van der Waals surface area contributed by atoms with Crippen molar-refractivity contribution in [3.8, 4) is 0 Å². The largest absolute Gasteiger partial charge is 0.444 e. The maximum absolute atomic E-state index is 11.9. The number of amides is 1. The van der Waals surface area contributed by atoms with Gasteiger partial charge in [0.05, 0.1) is 0 Å². The lowest BCUT2D eigenvalue weighted by Crippen LogP contribution is -2.41. The van der Waals surface area contributed by atoms with E-state index in [0.717, 1.165) is 18.7 Å². The van der Waals surface area contributed by atoms with Crippen molar-refractivity contribution in [3.05, 3.63) is 12.0 Å². The number of nitrogens with one attached hydrogen (secondary N) is 1. The summed E-state index contributed by atoms with van der Waals surface area (Å²) in [6.07, 6.45) is 3.17. The van der Waals surface area contributed by atoms with Crippen LogP contribution >= 0.6 is 0 Å². The summed E-state index contributed by atoms with van der Waals surface area (Å²) >= 11 is 0.